The van der Waals surface area contributed by atoms with Gasteiger partial charge in [-0.2, -0.15) is 0 Å². The highest BCUT2D eigenvalue weighted by atomic mass is 16.4. The Bertz CT molecular complexity index is 255. The van der Waals surface area contributed by atoms with Gasteiger partial charge in [-0.3, -0.25) is 4.79 Å². The second-order valence-electron chi connectivity index (χ2n) is 4.13. The largest absolute Gasteiger partial charge is 0.480 e. The van der Waals surface area contributed by atoms with Gasteiger partial charge in [0.15, 0.2) is 0 Å². The van der Waals surface area contributed by atoms with Gasteiger partial charge in [-0.25, -0.2) is 4.79 Å². The van der Waals surface area contributed by atoms with Crippen LogP contribution in [0.15, 0.2) is 0 Å². The molecular weight excluding hydrogens is 196 g/mol. The molecule has 0 aliphatic carbocycles. The first-order chi connectivity index (χ1) is 7.06. The summed E-state index contributed by atoms with van der Waals surface area (Å²) < 4.78 is 0. The molecule has 5 heteroatoms. The molecule has 0 aromatic rings. The molecule has 2 unspecified atom stereocenters. The summed E-state index contributed by atoms with van der Waals surface area (Å²) in [6.07, 6.45) is 1.69. The molecule has 0 saturated carbocycles. The van der Waals surface area contributed by atoms with Crippen molar-refractivity contribution in [3.8, 4) is 0 Å². The van der Waals surface area contributed by atoms with Crippen molar-refractivity contribution in [2.75, 3.05) is 13.1 Å². The van der Waals surface area contributed by atoms with E-state index in [0.717, 1.165) is 6.42 Å². The second kappa shape index (κ2) is 5.11. The summed E-state index contributed by atoms with van der Waals surface area (Å²) >= 11 is 0. The van der Waals surface area contributed by atoms with Gasteiger partial charge < -0.3 is 15.7 Å². The molecule has 0 aromatic heterocycles. The molecule has 0 bridgehead atoms. The van der Waals surface area contributed by atoms with Crippen molar-refractivity contribution >= 4 is 11.9 Å². The Morgan fingerprint density at radius 1 is 1.60 bits per heavy atom. The number of hydrogen-bond acceptors (Lipinski definition) is 3. The Balaban J connectivity index is 2.55. The summed E-state index contributed by atoms with van der Waals surface area (Å²) in [4.78, 5) is 24.1. The van der Waals surface area contributed by atoms with Gasteiger partial charge in [-0.05, 0) is 25.3 Å². The zero-order valence-electron chi connectivity index (χ0n) is 8.98. The molecule has 15 heavy (non-hydrogen) atoms. The number of nitrogens with two attached hydrogens (primary N) is 1. The number of nitrogens with zero attached hydrogens (tertiary/aromatic N) is 1. The van der Waals surface area contributed by atoms with Gasteiger partial charge >= 0.3 is 5.97 Å². The van der Waals surface area contributed by atoms with E-state index in [9.17, 15) is 9.59 Å². The molecular formula is C10H18N2O3. The van der Waals surface area contributed by atoms with Crippen molar-refractivity contribution in [3.05, 3.63) is 0 Å². The Kier molecular flexibility index (Phi) is 4.08. The van der Waals surface area contributed by atoms with Gasteiger partial charge in [0.1, 0.15) is 6.04 Å². The van der Waals surface area contributed by atoms with E-state index in [2.05, 4.69) is 0 Å². The molecule has 1 aliphatic rings. The zero-order chi connectivity index (χ0) is 11.4. The molecule has 86 valence electrons. The van der Waals surface area contributed by atoms with Crippen LogP contribution < -0.4 is 5.73 Å². The van der Waals surface area contributed by atoms with Crippen LogP contribution in [0.1, 0.15) is 26.2 Å². The van der Waals surface area contributed by atoms with Crippen molar-refractivity contribution < 1.29 is 14.7 Å². The van der Waals surface area contributed by atoms with Crippen molar-refractivity contribution in [1.29, 1.82) is 0 Å². The van der Waals surface area contributed by atoms with Gasteiger partial charge in [0, 0.05) is 13.0 Å². The fourth-order valence-corrected chi connectivity index (χ4v) is 1.82. The van der Waals surface area contributed by atoms with Crippen LogP contribution in [-0.2, 0) is 9.59 Å². The average Bonchev–Trinajstić information content (AvgIpc) is 2.65. The second-order valence-corrected chi connectivity index (χ2v) is 4.13. The number of amides is 1. The van der Waals surface area contributed by atoms with Crippen LogP contribution in [0.5, 0.6) is 0 Å². The summed E-state index contributed by atoms with van der Waals surface area (Å²) in [6.45, 7) is 2.91. The smallest absolute Gasteiger partial charge is 0.326 e. The predicted molar refractivity (Wildman–Crippen MR) is 55.2 cm³/mol. The highest BCUT2D eigenvalue weighted by molar-refractivity contribution is 5.84. The minimum Gasteiger partial charge on any atom is -0.480 e. The Morgan fingerprint density at radius 3 is 2.80 bits per heavy atom. The maximum atomic E-state index is 11.7. The van der Waals surface area contributed by atoms with E-state index in [0.29, 0.717) is 25.9 Å². The van der Waals surface area contributed by atoms with Crippen molar-refractivity contribution in [3.63, 3.8) is 0 Å². The van der Waals surface area contributed by atoms with E-state index in [1.165, 1.54) is 4.90 Å². The van der Waals surface area contributed by atoms with Crippen molar-refractivity contribution in [2.24, 2.45) is 11.7 Å². The lowest BCUT2D eigenvalue weighted by atomic mass is 10.1. The topological polar surface area (TPSA) is 83.6 Å². The average molecular weight is 214 g/mol. The summed E-state index contributed by atoms with van der Waals surface area (Å²) in [5.41, 5.74) is 5.43. The van der Waals surface area contributed by atoms with Crippen LogP contribution in [-0.4, -0.2) is 41.0 Å². The molecule has 5 nitrogen and oxygen atoms in total. The maximum absolute atomic E-state index is 11.7. The number of aliphatic carboxylic acids is 1. The number of carboxylic acids is 1. The fourth-order valence-electron chi connectivity index (χ4n) is 1.82. The lowest BCUT2D eigenvalue weighted by Crippen LogP contribution is -2.41. The van der Waals surface area contributed by atoms with Gasteiger partial charge in [0.05, 0.1) is 0 Å². The van der Waals surface area contributed by atoms with Crippen LogP contribution in [0.4, 0.5) is 0 Å². The molecule has 1 fully saturated rings. The third-order valence-electron chi connectivity index (χ3n) is 2.78. The highest BCUT2D eigenvalue weighted by Crippen LogP contribution is 2.19. The maximum Gasteiger partial charge on any atom is 0.326 e. The van der Waals surface area contributed by atoms with E-state index in [-0.39, 0.29) is 11.8 Å². The standard InChI is InChI=1S/C10H18N2O3/c1-7(6-11)5-9(13)12-4-2-3-8(12)10(14)15/h7-8H,2-6,11H2,1H3,(H,14,15). The van der Waals surface area contributed by atoms with Gasteiger partial charge in [0.2, 0.25) is 5.91 Å². The van der Waals surface area contributed by atoms with Crippen LogP contribution in [0.25, 0.3) is 0 Å². The van der Waals surface area contributed by atoms with E-state index < -0.39 is 12.0 Å². The quantitative estimate of drug-likeness (QED) is 0.692. The molecule has 0 aromatic carbocycles. The number of carbonyl (C=O) groups excluding carboxylic acids is 1. The highest BCUT2D eigenvalue weighted by Gasteiger charge is 2.33. The fraction of sp³-hybridized carbons (Fsp3) is 0.800. The van der Waals surface area contributed by atoms with E-state index in [1.54, 1.807) is 0 Å². The van der Waals surface area contributed by atoms with E-state index >= 15 is 0 Å². The zero-order valence-corrected chi connectivity index (χ0v) is 8.98. The number of rotatable bonds is 4. The third-order valence-corrected chi connectivity index (χ3v) is 2.78. The van der Waals surface area contributed by atoms with E-state index in [1.807, 2.05) is 6.92 Å². The SMILES string of the molecule is CC(CN)CC(=O)N1CCCC1C(=O)O. The minimum atomic E-state index is -0.902. The molecule has 2 atom stereocenters. The van der Waals surface area contributed by atoms with Gasteiger partial charge in [0.25, 0.3) is 0 Å². The summed E-state index contributed by atoms with van der Waals surface area (Å²) in [5, 5.41) is 8.91. The number of hydrogen-bond donors (Lipinski definition) is 2. The van der Waals surface area contributed by atoms with Crippen molar-refractivity contribution in [2.45, 2.75) is 32.2 Å². The van der Waals surface area contributed by atoms with Gasteiger partial charge in [-0.1, -0.05) is 6.92 Å². The summed E-state index contributed by atoms with van der Waals surface area (Å²) in [7, 11) is 0. The molecule has 0 spiro atoms. The lowest BCUT2D eigenvalue weighted by Gasteiger charge is -2.22. The molecule has 1 aliphatic heterocycles. The van der Waals surface area contributed by atoms with Crippen LogP contribution in [0.2, 0.25) is 0 Å². The Labute approximate surface area is 89.2 Å². The molecule has 1 saturated heterocycles. The normalized spacial score (nSPS) is 22.8. The van der Waals surface area contributed by atoms with Crippen LogP contribution in [0.3, 0.4) is 0 Å². The first-order valence-corrected chi connectivity index (χ1v) is 5.28. The third kappa shape index (κ3) is 2.92. The predicted octanol–water partition coefficient (Wildman–Crippen LogP) is 0.0469. The molecule has 1 rings (SSSR count). The molecule has 1 heterocycles. The van der Waals surface area contributed by atoms with Crippen LogP contribution in [0, 0.1) is 5.92 Å². The van der Waals surface area contributed by atoms with Crippen molar-refractivity contribution in [1.82, 2.24) is 4.90 Å². The first-order valence-electron chi connectivity index (χ1n) is 5.28. The van der Waals surface area contributed by atoms with Gasteiger partial charge in [-0.15, -0.1) is 0 Å². The number of likely N-dealkylation sites (tertiary alicyclic amines) is 1. The molecule has 1 amide bonds. The van der Waals surface area contributed by atoms with E-state index in [4.69, 9.17) is 10.8 Å². The number of carbonyl (C=O) groups is 2. The number of carboxylic acid groups (broad SMARTS) is 1. The monoisotopic (exact) mass is 214 g/mol. The Hall–Kier alpha value is -1.10. The molecule has 0 radical (unpaired) electrons. The first kappa shape index (κ1) is 12.0. The summed E-state index contributed by atoms with van der Waals surface area (Å²) in [5.74, 6) is -0.869. The molecule has 3 N–H and O–H groups in total. The lowest BCUT2D eigenvalue weighted by molar-refractivity contribution is -0.148. The van der Waals surface area contributed by atoms with Crippen LogP contribution >= 0.6 is 0 Å². The minimum absolute atomic E-state index is 0.0853. The summed E-state index contributed by atoms with van der Waals surface area (Å²) in [6, 6.07) is -0.623. The Morgan fingerprint density at radius 2 is 2.27 bits per heavy atom.